The van der Waals surface area contributed by atoms with Crippen molar-refractivity contribution >= 4 is 16.9 Å². The topological polar surface area (TPSA) is 65.0 Å². The number of ether oxygens (including phenoxy) is 3. The molecule has 0 aromatic heterocycles. The Hall–Kier alpha value is -2.48. The molecule has 0 radical (unpaired) electrons. The molecule has 0 unspecified atom stereocenters. The second-order valence-electron chi connectivity index (χ2n) is 13.1. The number of rotatable bonds is 10. The van der Waals surface area contributed by atoms with Crippen molar-refractivity contribution in [2.45, 2.75) is 89.3 Å². The minimum atomic E-state index is -0.929. The molecule has 3 aromatic carbocycles. The molecule has 42 heavy (non-hydrogen) atoms. The largest absolute Gasteiger partial charge is 0.392 e. The SMILES string of the molecule is C[C@@H]([C@H](O)[C@H](C)C(=O)SC(C)(C)C)[C@H]1OC(C)(C)O[C@]1(C)COC(c1ccccc1)(c1ccccc1)c1ccccc1. The van der Waals surface area contributed by atoms with Crippen molar-refractivity contribution in [3.05, 3.63) is 108 Å². The fourth-order valence-electron chi connectivity index (χ4n) is 6.04. The van der Waals surface area contributed by atoms with Gasteiger partial charge in [-0.2, -0.15) is 0 Å². The highest BCUT2D eigenvalue weighted by atomic mass is 32.2. The van der Waals surface area contributed by atoms with Gasteiger partial charge in [-0.15, -0.1) is 0 Å². The van der Waals surface area contributed by atoms with Crippen LogP contribution in [-0.2, 0) is 24.6 Å². The van der Waals surface area contributed by atoms with Gasteiger partial charge in [0.15, 0.2) is 10.9 Å². The van der Waals surface area contributed by atoms with Gasteiger partial charge >= 0.3 is 0 Å². The molecule has 226 valence electrons. The summed E-state index contributed by atoms with van der Waals surface area (Å²) in [6, 6.07) is 30.7. The van der Waals surface area contributed by atoms with Gasteiger partial charge in [0, 0.05) is 10.7 Å². The summed E-state index contributed by atoms with van der Waals surface area (Å²) in [6.07, 6.45) is -1.45. The third kappa shape index (κ3) is 7.00. The van der Waals surface area contributed by atoms with Gasteiger partial charge in [-0.1, -0.05) is 137 Å². The summed E-state index contributed by atoms with van der Waals surface area (Å²) in [7, 11) is 0. The third-order valence-corrected chi connectivity index (χ3v) is 9.10. The van der Waals surface area contributed by atoms with Crippen LogP contribution in [0.2, 0.25) is 0 Å². The number of thioether (sulfide) groups is 1. The van der Waals surface area contributed by atoms with Crippen molar-refractivity contribution in [1.29, 1.82) is 0 Å². The van der Waals surface area contributed by atoms with E-state index in [1.807, 2.05) is 103 Å². The number of aliphatic hydroxyl groups excluding tert-OH is 1. The van der Waals surface area contributed by atoms with Gasteiger partial charge < -0.3 is 19.3 Å². The van der Waals surface area contributed by atoms with E-state index >= 15 is 0 Å². The van der Waals surface area contributed by atoms with Crippen LogP contribution in [0.5, 0.6) is 0 Å². The predicted octanol–water partition coefficient (Wildman–Crippen LogP) is 7.60. The normalized spacial score (nSPS) is 22.8. The van der Waals surface area contributed by atoms with E-state index < -0.39 is 41.0 Å². The minimum Gasteiger partial charge on any atom is -0.392 e. The fraction of sp³-hybridized carbons (Fsp3) is 0.472. The number of hydrogen-bond acceptors (Lipinski definition) is 6. The summed E-state index contributed by atoms with van der Waals surface area (Å²) in [4.78, 5) is 13.0. The lowest BCUT2D eigenvalue weighted by atomic mass is 9.79. The Balaban J connectivity index is 1.72. The van der Waals surface area contributed by atoms with Crippen molar-refractivity contribution in [3.8, 4) is 0 Å². The third-order valence-electron chi connectivity index (χ3n) is 7.91. The monoisotopic (exact) mass is 590 g/mol. The zero-order valence-electron chi connectivity index (χ0n) is 26.2. The van der Waals surface area contributed by atoms with Gasteiger partial charge in [0.1, 0.15) is 11.2 Å². The molecule has 0 saturated carbocycles. The van der Waals surface area contributed by atoms with Gasteiger partial charge in [0.25, 0.3) is 0 Å². The van der Waals surface area contributed by atoms with Crippen molar-refractivity contribution < 1.29 is 24.1 Å². The average molecular weight is 591 g/mol. The molecular weight excluding hydrogens is 544 g/mol. The van der Waals surface area contributed by atoms with Crippen molar-refractivity contribution in [1.82, 2.24) is 0 Å². The number of benzene rings is 3. The van der Waals surface area contributed by atoms with E-state index in [0.29, 0.717) is 0 Å². The Kier molecular flexibility index (Phi) is 9.75. The molecule has 0 aliphatic carbocycles. The number of carbonyl (C=O) groups excluding carboxylic acids is 1. The molecule has 3 aromatic rings. The Bertz CT molecular complexity index is 1210. The van der Waals surface area contributed by atoms with Crippen LogP contribution in [-0.4, -0.2) is 45.2 Å². The Morgan fingerprint density at radius 1 is 0.857 bits per heavy atom. The van der Waals surface area contributed by atoms with E-state index in [2.05, 4.69) is 36.4 Å². The maximum absolute atomic E-state index is 13.0. The van der Waals surface area contributed by atoms with E-state index in [4.69, 9.17) is 14.2 Å². The molecule has 1 aliphatic heterocycles. The summed E-state index contributed by atoms with van der Waals surface area (Å²) in [5.41, 5.74) is 1.13. The Morgan fingerprint density at radius 2 is 1.29 bits per heavy atom. The summed E-state index contributed by atoms with van der Waals surface area (Å²) in [5.74, 6) is -1.88. The van der Waals surface area contributed by atoms with Crippen LogP contribution < -0.4 is 0 Å². The molecule has 0 amide bonds. The van der Waals surface area contributed by atoms with Crippen LogP contribution in [0.25, 0.3) is 0 Å². The van der Waals surface area contributed by atoms with Gasteiger partial charge in [-0.25, -0.2) is 0 Å². The summed E-state index contributed by atoms with van der Waals surface area (Å²) in [5, 5.41) is 11.4. The zero-order valence-corrected chi connectivity index (χ0v) is 27.0. The first kappa shape index (κ1) is 32.4. The first-order valence-electron chi connectivity index (χ1n) is 14.8. The van der Waals surface area contributed by atoms with Crippen molar-refractivity contribution in [2.75, 3.05) is 6.61 Å². The van der Waals surface area contributed by atoms with Crippen molar-refractivity contribution in [3.63, 3.8) is 0 Å². The zero-order chi connectivity index (χ0) is 30.8. The molecule has 5 atom stereocenters. The van der Waals surface area contributed by atoms with E-state index in [1.165, 1.54) is 11.8 Å². The summed E-state index contributed by atoms with van der Waals surface area (Å²) in [6.45, 7) is 15.7. The molecule has 4 rings (SSSR count). The molecule has 1 N–H and O–H groups in total. The first-order chi connectivity index (χ1) is 19.7. The molecular formula is C36H46O5S. The summed E-state index contributed by atoms with van der Waals surface area (Å²) >= 11 is 1.26. The maximum Gasteiger partial charge on any atom is 0.194 e. The average Bonchev–Trinajstić information content (AvgIpc) is 3.21. The van der Waals surface area contributed by atoms with Gasteiger partial charge in [-0.05, 0) is 37.5 Å². The van der Waals surface area contributed by atoms with E-state index in [1.54, 1.807) is 6.92 Å². The second kappa shape index (κ2) is 12.6. The molecule has 0 bridgehead atoms. The lowest BCUT2D eigenvalue weighted by Crippen LogP contribution is -2.51. The molecule has 1 fully saturated rings. The van der Waals surface area contributed by atoms with E-state index in [0.717, 1.165) is 16.7 Å². The molecule has 6 heteroatoms. The quantitative estimate of drug-likeness (QED) is 0.245. The second-order valence-corrected chi connectivity index (χ2v) is 14.9. The predicted molar refractivity (Wildman–Crippen MR) is 170 cm³/mol. The van der Waals surface area contributed by atoms with Crippen LogP contribution in [0.15, 0.2) is 91.0 Å². The maximum atomic E-state index is 13.0. The molecule has 5 nitrogen and oxygen atoms in total. The summed E-state index contributed by atoms with van der Waals surface area (Å²) < 4.78 is 20.0. The van der Waals surface area contributed by atoms with Crippen LogP contribution in [0.1, 0.15) is 72.1 Å². The number of hydrogen-bond donors (Lipinski definition) is 1. The molecule has 1 aliphatic rings. The highest BCUT2D eigenvalue weighted by molar-refractivity contribution is 8.14. The standard InChI is InChI=1S/C36H46O5S/c1-25(30(37)26(2)32(38)42-33(3,4)5)31-35(8,41-34(6,7)40-31)24-39-36(27-18-12-9-13-19-27,28-20-14-10-15-21-28)29-22-16-11-17-23-29/h9-23,25-26,30-31,37H,24H2,1-8H3/t25-,26-,30-,31+,35+/m0/s1. The van der Waals surface area contributed by atoms with Gasteiger partial charge in [0.2, 0.25) is 0 Å². The first-order valence-corrected chi connectivity index (χ1v) is 15.6. The van der Waals surface area contributed by atoms with Crippen LogP contribution in [0, 0.1) is 11.8 Å². The Labute approximate surface area is 256 Å². The van der Waals surface area contributed by atoms with Crippen LogP contribution in [0.3, 0.4) is 0 Å². The smallest absolute Gasteiger partial charge is 0.194 e. The number of aliphatic hydroxyl groups is 1. The van der Waals surface area contributed by atoms with Gasteiger partial charge in [-0.3, -0.25) is 4.79 Å². The van der Waals surface area contributed by atoms with Gasteiger partial charge in [0.05, 0.1) is 24.7 Å². The highest BCUT2D eigenvalue weighted by Crippen LogP contribution is 2.46. The lowest BCUT2D eigenvalue weighted by molar-refractivity contribution is -0.177. The van der Waals surface area contributed by atoms with E-state index in [-0.39, 0.29) is 16.5 Å². The Morgan fingerprint density at radius 3 is 1.69 bits per heavy atom. The fourth-order valence-corrected chi connectivity index (χ4v) is 6.97. The molecule has 0 spiro atoms. The van der Waals surface area contributed by atoms with E-state index in [9.17, 15) is 9.90 Å². The van der Waals surface area contributed by atoms with Crippen LogP contribution >= 0.6 is 11.8 Å². The number of carbonyl (C=O) groups is 1. The lowest BCUT2D eigenvalue weighted by Gasteiger charge is -2.41. The van der Waals surface area contributed by atoms with Crippen molar-refractivity contribution in [2.24, 2.45) is 11.8 Å². The molecule has 1 saturated heterocycles. The highest BCUT2D eigenvalue weighted by Gasteiger charge is 2.55. The minimum absolute atomic E-state index is 0.0331. The van der Waals surface area contributed by atoms with Crippen LogP contribution in [0.4, 0.5) is 0 Å². The molecule has 1 heterocycles.